The minimum Gasteiger partial charge on any atom is -0.459 e. The zero-order valence-electron chi connectivity index (χ0n) is 19.4. The Kier molecular flexibility index (Phi) is 14.5. The smallest absolute Gasteiger partial charge is 0.333 e. The van der Waals surface area contributed by atoms with Gasteiger partial charge in [0.05, 0.1) is 29.3 Å². The predicted molar refractivity (Wildman–Crippen MR) is 124 cm³/mol. The van der Waals surface area contributed by atoms with Crippen molar-refractivity contribution in [3.8, 4) is 0 Å². The maximum absolute atomic E-state index is 11.5. The zero-order valence-corrected chi connectivity index (χ0v) is 22.8. The van der Waals surface area contributed by atoms with Gasteiger partial charge in [-0.05, 0) is 52.6 Å². The molecule has 0 aromatic heterocycles. The standard InChI is InChI=1S/C19H42O7Si3/c1-16(2)18(21)24-15-17(23-12-10-20)14-22-11-9-13-27-19(25-28(3,4)5)26-29(6,7)8/h17,19-20H,1,9-15,27H2,2-8H3. The van der Waals surface area contributed by atoms with Crippen LogP contribution >= 0.6 is 0 Å². The molecule has 10 heteroatoms. The lowest BCUT2D eigenvalue weighted by molar-refractivity contribution is -0.145. The Bertz CT molecular complexity index is 459. The molecule has 0 aliphatic heterocycles. The third-order valence-electron chi connectivity index (χ3n) is 3.45. The van der Waals surface area contributed by atoms with Crippen LogP contribution in [-0.4, -0.2) is 82.3 Å². The molecule has 0 bridgehead atoms. The number of ether oxygens (including phenoxy) is 3. The first kappa shape index (κ1) is 28.7. The molecule has 7 nitrogen and oxygen atoms in total. The van der Waals surface area contributed by atoms with Crippen molar-refractivity contribution in [1.29, 1.82) is 0 Å². The molecule has 0 aliphatic carbocycles. The van der Waals surface area contributed by atoms with E-state index in [1.54, 1.807) is 6.92 Å². The highest BCUT2D eigenvalue weighted by Crippen LogP contribution is 2.15. The molecule has 0 spiro atoms. The number of aliphatic hydroxyl groups is 1. The van der Waals surface area contributed by atoms with E-state index < -0.39 is 38.2 Å². The molecule has 0 radical (unpaired) electrons. The summed E-state index contributed by atoms with van der Waals surface area (Å²) < 4.78 is 28.8. The van der Waals surface area contributed by atoms with Gasteiger partial charge in [0.15, 0.2) is 16.6 Å². The molecule has 0 aromatic carbocycles. The van der Waals surface area contributed by atoms with Crippen molar-refractivity contribution >= 4 is 32.1 Å². The van der Waals surface area contributed by atoms with Crippen LogP contribution in [0.3, 0.4) is 0 Å². The molecule has 29 heavy (non-hydrogen) atoms. The van der Waals surface area contributed by atoms with Crippen molar-refractivity contribution in [2.24, 2.45) is 0 Å². The summed E-state index contributed by atoms with van der Waals surface area (Å²) >= 11 is 0. The maximum atomic E-state index is 11.5. The Labute approximate surface area is 181 Å². The van der Waals surface area contributed by atoms with Gasteiger partial charge in [-0.2, -0.15) is 0 Å². The Morgan fingerprint density at radius 2 is 1.62 bits per heavy atom. The molecule has 1 N–H and O–H groups in total. The summed E-state index contributed by atoms with van der Waals surface area (Å²) in [6.45, 7) is 19.4. The lowest BCUT2D eigenvalue weighted by Gasteiger charge is -2.31. The maximum Gasteiger partial charge on any atom is 0.333 e. The highest BCUT2D eigenvalue weighted by Gasteiger charge is 2.26. The quantitative estimate of drug-likeness (QED) is 0.116. The van der Waals surface area contributed by atoms with Gasteiger partial charge in [0.25, 0.3) is 0 Å². The summed E-state index contributed by atoms with van der Waals surface area (Å²) in [6, 6.07) is 1.08. The molecule has 1 unspecified atom stereocenters. The summed E-state index contributed by atoms with van der Waals surface area (Å²) in [5, 5.41) is 8.93. The average molecular weight is 467 g/mol. The number of aliphatic hydroxyl groups excluding tert-OH is 1. The highest BCUT2D eigenvalue weighted by molar-refractivity contribution is 6.71. The number of carbonyl (C=O) groups is 1. The molecule has 0 heterocycles. The molecular weight excluding hydrogens is 424 g/mol. The van der Waals surface area contributed by atoms with E-state index in [9.17, 15) is 4.79 Å². The summed E-state index contributed by atoms with van der Waals surface area (Å²) in [7, 11) is -3.79. The van der Waals surface area contributed by atoms with Crippen LogP contribution in [0.2, 0.25) is 45.3 Å². The van der Waals surface area contributed by atoms with Crippen LogP contribution in [0.4, 0.5) is 0 Å². The summed E-state index contributed by atoms with van der Waals surface area (Å²) in [5.74, 6) is -0.458. The van der Waals surface area contributed by atoms with E-state index in [4.69, 9.17) is 28.2 Å². The second-order valence-electron chi connectivity index (χ2n) is 9.06. The molecule has 0 aliphatic rings. The molecule has 172 valence electrons. The topological polar surface area (TPSA) is 83.5 Å². The third kappa shape index (κ3) is 18.2. The Balaban J connectivity index is 4.24. The Hall–Kier alpha value is -0.339. The molecule has 0 saturated heterocycles. The number of hydrogen-bond donors (Lipinski definition) is 1. The van der Waals surface area contributed by atoms with Crippen molar-refractivity contribution in [2.45, 2.75) is 70.7 Å². The lowest BCUT2D eigenvalue weighted by atomic mass is 10.3. The molecule has 0 rings (SSSR count). The van der Waals surface area contributed by atoms with Crippen molar-refractivity contribution < 1.29 is 33.0 Å². The van der Waals surface area contributed by atoms with Gasteiger partial charge >= 0.3 is 5.97 Å². The van der Waals surface area contributed by atoms with Crippen LogP contribution in [0.1, 0.15) is 13.3 Å². The second-order valence-corrected chi connectivity index (χ2v) is 19.9. The van der Waals surface area contributed by atoms with E-state index in [-0.39, 0.29) is 25.7 Å². The summed E-state index contributed by atoms with van der Waals surface area (Å²) in [5.41, 5.74) is 0.340. The van der Waals surface area contributed by atoms with E-state index in [2.05, 4.69) is 45.9 Å². The van der Waals surface area contributed by atoms with Crippen LogP contribution in [-0.2, 0) is 27.9 Å². The fraction of sp³-hybridized carbons (Fsp3) is 0.842. The van der Waals surface area contributed by atoms with Crippen molar-refractivity contribution in [3.63, 3.8) is 0 Å². The Morgan fingerprint density at radius 1 is 1.03 bits per heavy atom. The Morgan fingerprint density at radius 3 is 2.10 bits per heavy atom. The molecule has 1 atom stereocenters. The fourth-order valence-corrected chi connectivity index (χ4v) is 8.85. The fourth-order valence-electron chi connectivity index (χ4n) is 2.32. The monoisotopic (exact) mass is 466 g/mol. The van der Waals surface area contributed by atoms with Gasteiger partial charge in [-0.1, -0.05) is 12.6 Å². The lowest BCUT2D eigenvalue weighted by Crippen LogP contribution is -2.43. The summed E-state index contributed by atoms with van der Waals surface area (Å²) in [6.07, 6.45) is 0.534. The van der Waals surface area contributed by atoms with Crippen molar-refractivity contribution in [1.82, 2.24) is 0 Å². The van der Waals surface area contributed by atoms with Gasteiger partial charge in [0, 0.05) is 12.2 Å². The molecule has 0 aromatic rings. The van der Waals surface area contributed by atoms with Gasteiger partial charge in [-0.25, -0.2) is 4.79 Å². The third-order valence-corrected chi connectivity index (χ3v) is 7.77. The number of carbonyl (C=O) groups excluding carboxylic acids is 1. The average Bonchev–Trinajstić information content (AvgIpc) is 2.56. The van der Waals surface area contributed by atoms with Gasteiger partial charge < -0.3 is 28.2 Å². The molecule has 0 saturated carbocycles. The largest absolute Gasteiger partial charge is 0.459 e. The van der Waals surface area contributed by atoms with Gasteiger partial charge in [-0.3, -0.25) is 0 Å². The van der Waals surface area contributed by atoms with Crippen LogP contribution in [0, 0.1) is 0 Å². The van der Waals surface area contributed by atoms with Crippen LogP contribution in [0.5, 0.6) is 0 Å². The predicted octanol–water partition coefficient (Wildman–Crippen LogP) is 2.46. The normalized spacial score (nSPS) is 14.0. The first-order chi connectivity index (χ1) is 13.3. The minimum atomic E-state index is -1.63. The van der Waals surface area contributed by atoms with Crippen LogP contribution in [0.15, 0.2) is 12.2 Å². The number of esters is 1. The molecular formula is C19H42O7Si3. The van der Waals surface area contributed by atoms with Gasteiger partial charge in [0.2, 0.25) is 0 Å². The molecule has 0 amide bonds. The van der Waals surface area contributed by atoms with E-state index in [0.29, 0.717) is 18.8 Å². The summed E-state index contributed by atoms with van der Waals surface area (Å²) in [4.78, 5) is 11.5. The van der Waals surface area contributed by atoms with E-state index in [0.717, 1.165) is 12.5 Å². The van der Waals surface area contributed by atoms with Gasteiger partial charge in [-0.15, -0.1) is 0 Å². The SMILES string of the molecule is C=C(C)C(=O)OCC(COCCC[SiH2]C(O[Si](C)(C)C)O[Si](C)(C)C)OCCO. The van der Waals surface area contributed by atoms with Crippen LogP contribution in [0.25, 0.3) is 0 Å². The van der Waals surface area contributed by atoms with Gasteiger partial charge in [0.1, 0.15) is 18.6 Å². The van der Waals surface area contributed by atoms with E-state index in [1.807, 2.05) is 0 Å². The van der Waals surface area contributed by atoms with Crippen molar-refractivity contribution in [2.75, 3.05) is 33.0 Å². The van der Waals surface area contributed by atoms with E-state index >= 15 is 0 Å². The van der Waals surface area contributed by atoms with E-state index in [1.165, 1.54) is 0 Å². The van der Waals surface area contributed by atoms with Crippen LogP contribution < -0.4 is 0 Å². The number of hydrogen-bond acceptors (Lipinski definition) is 7. The first-order valence-corrected chi connectivity index (χ1v) is 19.0. The number of rotatable bonds is 17. The highest BCUT2D eigenvalue weighted by atomic mass is 28.4. The van der Waals surface area contributed by atoms with Crippen molar-refractivity contribution in [3.05, 3.63) is 12.2 Å². The second kappa shape index (κ2) is 14.6. The first-order valence-electron chi connectivity index (χ1n) is 10.3. The molecule has 0 fully saturated rings. The zero-order chi connectivity index (χ0) is 22.5. The minimum absolute atomic E-state index is 0.00414.